The van der Waals surface area contributed by atoms with Gasteiger partial charge in [-0.05, 0) is 30.5 Å². The molecular weight excluding hydrogens is 414 g/mol. The monoisotopic (exact) mass is 437 g/mol. The van der Waals surface area contributed by atoms with Gasteiger partial charge in [0.15, 0.2) is 9.84 Å². The zero-order chi connectivity index (χ0) is 21.2. The molecule has 1 aromatic carbocycles. The second-order valence-electron chi connectivity index (χ2n) is 7.72. The van der Waals surface area contributed by atoms with E-state index in [9.17, 15) is 18.0 Å². The molecule has 29 heavy (non-hydrogen) atoms. The molecule has 9 heteroatoms. The van der Waals surface area contributed by atoms with Gasteiger partial charge < -0.3 is 4.90 Å². The van der Waals surface area contributed by atoms with Crippen molar-refractivity contribution in [3.63, 3.8) is 0 Å². The third-order valence-corrected chi connectivity index (χ3v) is 6.83. The van der Waals surface area contributed by atoms with Crippen LogP contribution in [0.2, 0.25) is 5.02 Å². The third kappa shape index (κ3) is 5.45. The van der Waals surface area contributed by atoms with E-state index < -0.39 is 9.84 Å². The fraction of sp³-hybridized carbons (Fsp3) is 0.450. The number of hydrogen-bond donors (Lipinski definition) is 0. The van der Waals surface area contributed by atoms with Gasteiger partial charge in [-0.25, -0.2) is 13.1 Å². The zero-order valence-corrected chi connectivity index (χ0v) is 18.0. The number of carbonyl (C=O) groups is 1. The highest BCUT2D eigenvalue weighted by Crippen LogP contribution is 2.20. The Morgan fingerprint density at radius 1 is 1.24 bits per heavy atom. The molecular formula is C20H24ClN3O4S. The van der Waals surface area contributed by atoms with E-state index in [1.165, 1.54) is 6.07 Å². The van der Waals surface area contributed by atoms with Crippen LogP contribution in [0.25, 0.3) is 11.3 Å². The molecule has 1 amide bonds. The predicted octanol–water partition coefficient (Wildman–Crippen LogP) is 2.24. The SMILES string of the molecule is CC(C)CN(C(=O)Cn1nc(-c2ccc(Cl)cc2)ccc1=O)[C@H]1CCS(=O)(=O)C1. The number of carbonyl (C=O) groups excluding carboxylic acids is 1. The van der Waals surface area contributed by atoms with Crippen molar-refractivity contribution < 1.29 is 13.2 Å². The van der Waals surface area contributed by atoms with Crippen LogP contribution in [0, 0.1) is 5.92 Å². The predicted molar refractivity (Wildman–Crippen MR) is 113 cm³/mol. The second kappa shape index (κ2) is 8.67. The first-order valence-electron chi connectivity index (χ1n) is 9.48. The minimum absolute atomic E-state index is 0.0292. The molecule has 2 aromatic rings. The highest BCUT2D eigenvalue weighted by Gasteiger charge is 2.35. The summed E-state index contributed by atoms with van der Waals surface area (Å²) >= 11 is 5.91. The lowest BCUT2D eigenvalue weighted by Crippen LogP contribution is -2.46. The van der Waals surface area contributed by atoms with Crippen LogP contribution >= 0.6 is 11.6 Å². The number of nitrogens with zero attached hydrogens (tertiary/aromatic N) is 3. The molecule has 1 aliphatic heterocycles. The topological polar surface area (TPSA) is 89.3 Å². The lowest BCUT2D eigenvalue weighted by Gasteiger charge is -2.30. The molecule has 0 unspecified atom stereocenters. The smallest absolute Gasteiger partial charge is 0.267 e. The Hall–Kier alpha value is -2.19. The van der Waals surface area contributed by atoms with E-state index in [4.69, 9.17) is 11.6 Å². The minimum Gasteiger partial charge on any atom is -0.337 e. The van der Waals surface area contributed by atoms with Gasteiger partial charge >= 0.3 is 0 Å². The Bertz CT molecular complexity index is 1050. The maximum atomic E-state index is 13.0. The van der Waals surface area contributed by atoms with E-state index in [-0.39, 0.29) is 41.5 Å². The van der Waals surface area contributed by atoms with Crippen LogP contribution in [0.15, 0.2) is 41.2 Å². The summed E-state index contributed by atoms with van der Waals surface area (Å²) in [7, 11) is -3.13. The van der Waals surface area contributed by atoms with Crippen molar-refractivity contribution in [2.45, 2.75) is 32.9 Å². The van der Waals surface area contributed by atoms with Crippen LogP contribution in [-0.2, 0) is 21.2 Å². The highest BCUT2D eigenvalue weighted by molar-refractivity contribution is 7.91. The van der Waals surface area contributed by atoms with Crippen molar-refractivity contribution in [1.82, 2.24) is 14.7 Å². The van der Waals surface area contributed by atoms with Gasteiger partial charge in [-0.3, -0.25) is 9.59 Å². The largest absolute Gasteiger partial charge is 0.337 e. The van der Waals surface area contributed by atoms with Gasteiger partial charge in [-0.15, -0.1) is 0 Å². The summed E-state index contributed by atoms with van der Waals surface area (Å²) in [6, 6.07) is 9.64. The Morgan fingerprint density at radius 2 is 1.93 bits per heavy atom. The molecule has 7 nitrogen and oxygen atoms in total. The first-order valence-corrected chi connectivity index (χ1v) is 11.7. The molecule has 1 fully saturated rings. The maximum absolute atomic E-state index is 13.0. The van der Waals surface area contributed by atoms with E-state index in [0.717, 1.165) is 10.2 Å². The van der Waals surface area contributed by atoms with Crippen molar-refractivity contribution >= 4 is 27.3 Å². The first kappa shape index (κ1) is 21.5. The number of benzene rings is 1. The van der Waals surface area contributed by atoms with Gasteiger partial charge in [0.1, 0.15) is 6.54 Å². The summed E-state index contributed by atoms with van der Waals surface area (Å²) < 4.78 is 24.9. The standard InChI is InChI=1S/C20H24ClN3O4S/c1-14(2)11-23(17-9-10-29(27,28)13-17)20(26)12-24-19(25)8-7-18(22-24)15-3-5-16(21)6-4-15/h3-8,14,17H,9-13H2,1-2H3/t17-/m0/s1. The fourth-order valence-corrected chi connectivity index (χ4v) is 5.28. The van der Waals surface area contributed by atoms with Gasteiger partial charge in [-0.1, -0.05) is 37.6 Å². The van der Waals surface area contributed by atoms with Gasteiger partial charge in [0.25, 0.3) is 5.56 Å². The third-order valence-electron chi connectivity index (χ3n) is 4.82. The highest BCUT2D eigenvalue weighted by atomic mass is 35.5. The number of aromatic nitrogens is 2. The molecule has 0 spiro atoms. The normalized spacial score (nSPS) is 18.1. The molecule has 3 rings (SSSR count). The number of halogens is 1. The second-order valence-corrected chi connectivity index (χ2v) is 10.4. The number of rotatable bonds is 6. The molecule has 0 bridgehead atoms. The van der Waals surface area contributed by atoms with Crippen LogP contribution in [0.4, 0.5) is 0 Å². The molecule has 0 saturated carbocycles. The maximum Gasteiger partial charge on any atom is 0.267 e. The minimum atomic E-state index is -3.13. The Kier molecular flexibility index (Phi) is 6.43. The summed E-state index contributed by atoms with van der Waals surface area (Å²) in [4.78, 5) is 26.9. The number of hydrogen-bond acceptors (Lipinski definition) is 5. The van der Waals surface area contributed by atoms with E-state index in [1.807, 2.05) is 13.8 Å². The van der Waals surface area contributed by atoms with Gasteiger partial charge in [-0.2, -0.15) is 5.10 Å². The lowest BCUT2D eigenvalue weighted by atomic mass is 10.1. The van der Waals surface area contributed by atoms with Gasteiger partial charge in [0.05, 0.1) is 17.2 Å². The summed E-state index contributed by atoms with van der Waals surface area (Å²) in [6.07, 6.45) is 0.425. The Balaban J connectivity index is 1.84. The molecule has 1 saturated heterocycles. The van der Waals surface area contributed by atoms with Crippen LogP contribution in [0.3, 0.4) is 0 Å². The molecule has 1 aromatic heterocycles. The molecule has 1 aliphatic rings. The van der Waals surface area contributed by atoms with E-state index in [1.54, 1.807) is 35.2 Å². The molecule has 2 heterocycles. The van der Waals surface area contributed by atoms with Crippen molar-refractivity contribution in [3.8, 4) is 11.3 Å². The van der Waals surface area contributed by atoms with Crippen LogP contribution < -0.4 is 5.56 Å². The van der Waals surface area contributed by atoms with Crippen LogP contribution in [0.5, 0.6) is 0 Å². The van der Waals surface area contributed by atoms with Crippen LogP contribution in [-0.4, -0.2) is 53.1 Å². The van der Waals surface area contributed by atoms with Crippen LogP contribution in [0.1, 0.15) is 20.3 Å². The molecule has 0 aliphatic carbocycles. The average molecular weight is 438 g/mol. The number of amides is 1. The summed E-state index contributed by atoms with van der Waals surface area (Å²) in [5.74, 6) is -0.0708. The van der Waals surface area contributed by atoms with Gasteiger partial charge in [0, 0.05) is 29.2 Å². The number of sulfone groups is 1. The van der Waals surface area contributed by atoms with Gasteiger partial charge in [0.2, 0.25) is 5.91 Å². The average Bonchev–Trinajstić information content (AvgIpc) is 3.01. The quantitative estimate of drug-likeness (QED) is 0.691. The fourth-order valence-electron chi connectivity index (χ4n) is 3.42. The summed E-state index contributed by atoms with van der Waals surface area (Å²) in [6.45, 7) is 4.14. The molecule has 156 valence electrons. The van der Waals surface area contributed by atoms with Crippen molar-refractivity contribution in [3.05, 3.63) is 51.8 Å². The zero-order valence-electron chi connectivity index (χ0n) is 16.4. The van der Waals surface area contributed by atoms with E-state index >= 15 is 0 Å². The first-order chi connectivity index (χ1) is 13.6. The van der Waals surface area contributed by atoms with Crippen molar-refractivity contribution in [1.29, 1.82) is 0 Å². The summed E-state index contributed by atoms with van der Waals surface area (Å²) in [5.41, 5.74) is 0.934. The van der Waals surface area contributed by atoms with E-state index in [0.29, 0.717) is 23.7 Å². The molecule has 0 radical (unpaired) electrons. The van der Waals surface area contributed by atoms with Crippen molar-refractivity contribution in [2.75, 3.05) is 18.1 Å². The molecule has 0 N–H and O–H groups in total. The summed E-state index contributed by atoms with van der Waals surface area (Å²) in [5, 5.41) is 4.92. The van der Waals surface area contributed by atoms with E-state index in [2.05, 4.69) is 5.10 Å². The van der Waals surface area contributed by atoms with Crippen molar-refractivity contribution in [2.24, 2.45) is 5.92 Å². The Labute approximate surface area is 175 Å². The lowest BCUT2D eigenvalue weighted by molar-refractivity contribution is -0.134. The Morgan fingerprint density at radius 3 is 2.52 bits per heavy atom. The molecule has 1 atom stereocenters.